The van der Waals surface area contributed by atoms with E-state index in [1.54, 1.807) is 0 Å². The summed E-state index contributed by atoms with van der Waals surface area (Å²) in [6.45, 7) is 8.14. The number of fused-ring (bicyclic) bond motifs is 1. The number of aryl methyl sites for hydroxylation is 2. The average Bonchev–Trinajstić information content (AvgIpc) is 3.38. The first-order valence-corrected chi connectivity index (χ1v) is 8.76. The number of hydrogen-bond donors (Lipinski definition) is 0. The zero-order valence-corrected chi connectivity index (χ0v) is 14.7. The van der Waals surface area contributed by atoms with E-state index in [0.29, 0.717) is 6.61 Å². The van der Waals surface area contributed by atoms with Crippen LogP contribution in [0.1, 0.15) is 35.4 Å². The van der Waals surface area contributed by atoms with Gasteiger partial charge in [0.05, 0.1) is 5.52 Å². The highest BCUT2D eigenvalue weighted by Crippen LogP contribution is 2.35. The molecule has 0 unspecified atom stereocenters. The van der Waals surface area contributed by atoms with E-state index in [-0.39, 0.29) is 0 Å². The van der Waals surface area contributed by atoms with Gasteiger partial charge in [-0.1, -0.05) is 17.7 Å². The zero-order valence-electron chi connectivity index (χ0n) is 14.7. The molecular weight excluding hydrogens is 296 g/mol. The van der Waals surface area contributed by atoms with Crippen LogP contribution >= 0.6 is 0 Å². The van der Waals surface area contributed by atoms with Crippen molar-refractivity contribution in [2.75, 3.05) is 0 Å². The van der Waals surface area contributed by atoms with Gasteiger partial charge >= 0.3 is 0 Å². The Labute approximate surface area is 143 Å². The predicted molar refractivity (Wildman–Crippen MR) is 97.4 cm³/mol. The van der Waals surface area contributed by atoms with Crippen LogP contribution in [0.3, 0.4) is 0 Å². The number of ether oxygens (including phenoxy) is 1. The van der Waals surface area contributed by atoms with E-state index in [1.807, 2.05) is 18.3 Å². The van der Waals surface area contributed by atoms with E-state index >= 15 is 0 Å². The van der Waals surface area contributed by atoms with Crippen molar-refractivity contribution in [1.29, 1.82) is 0 Å². The molecule has 3 aromatic rings. The summed E-state index contributed by atoms with van der Waals surface area (Å²) in [5.74, 6) is 1.73. The van der Waals surface area contributed by atoms with Crippen LogP contribution in [0.4, 0.5) is 0 Å². The summed E-state index contributed by atoms with van der Waals surface area (Å²) in [5.41, 5.74) is 6.26. The Morgan fingerprint density at radius 1 is 1.08 bits per heavy atom. The van der Waals surface area contributed by atoms with Gasteiger partial charge in [-0.15, -0.1) is 0 Å². The molecule has 4 rings (SSSR count). The second-order valence-corrected chi connectivity index (χ2v) is 7.02. The zero-order chi connectivity index (χ0) is 16.7. The molecule has 1 aromatic carbocycles. The van der Waals surface area contributed by atoms with Gasteiger partial charge in [0.1, 0.15) is 18.1 Å². The Morgan fingerprint density at radius 3 is 2.54 bits per heavy atom. The Morgan fingerprint density at radius 2 is 1.83 bits per heavy atom. The van der Waals surface area contributed by atoms with Gasteiger partial charge in [0.2, 0.25) is 0 Å². The molecule has 1 aliphatic carbocycles. The quantitative estimate of drug-likeness (QED) is 0.665. The minimum atomic E-state index is 0.508. The molecule has 2 heterocycles. The topological polar surface area (TPSA) is 27.1 Å². The third kappa shape index (κ3) is 2.79. The second kappa shape index (κ2) is 5.97. The maximum absolute atomic E-state index is 6.00. The Bertz CT molecular complexity index is 873. The lowest BCUT2D eigenvalue weighted by Crippen LogP contribution is -2.06. The number of rotatable bonds is 5. The van der Waals surface area contributed by atoms with Crippen LogP contribution < -0.4 is 4.74 Å². The van der Waals surface area contributed by atoms with Crippen molar-refractivity contribution in [2.24, 2.45) is 5.92 Å². The van der Waals surface area contributed by atoms with Gasteiger partial charge in [0.15, 0.2) is 0 Å². The van der Waals surface area contributed by atoms with Crippen LogP contribution in [-0.4, -0.2) is 9.55 Å². The molecule has 0 aliphatic heterocycles. The highest BCUT2D eigenvalue weighted by Gasteiger charge is 2.25. The first-order chi connectivity index (χ1) is 11.6. The van der Waals surface area contributed by atoms with Crippen LogP contribution in [0.15, 0.2) is 36.5 Å². The van der Waals surface area contributed by atoms with Gasteiger partial charge in [0, 0.05) is 23.8 Å². The maximum atomic E-state index is 6.00. The highest BCUT2D eigenvalue weighted by molar-refractivity contribution is 5.86. The van der Waals surface area contributed by atoms with Gasteiger partial charge in [-0.05, 0) is 63.3 Å². The molecule has 0 bridgehead atoms. The Kier molecular flexibility index (Phi) is 3.79. The first kappa shape index (κ1) is 15.3. The van der Waals surface area contributed by atoms with Crippen molar-refractivity contribution >= 4 is 10.9 Å². The summed E-state index contributed by atoms with van der Waals surface area (Å²) >= 11 is 0. The van der Waals surface area contributed by atoms with E-state index in [9.17, 15) is 0 Å². The fourth-order valence-corrected chi connectivity index (χ4v) is 3.34. The molecule has 0 spiro atoms. The van der Waals surface area contributed by atoms with E-state index < -0.39 is 0 Å². The molecule has 0 amide bonds. The monoisotopic (exact) mass is 320 g/mol. The van der Waals surface area contributed by atoms with Crippen molar-refractivity contribution in [3.8, 4) is 5.75 Å². The molecule has 0 N–H and O–H groups in total. The number of nitrogens with zero attached hydrogens (tertiary/aromatic N) is 2. The number of pyridine rings is 1. The molecule has 3 heteroatoms. The van der Waals surface area contributed by atoms with Gasteiger partial charge in [-0.3, -0.25) is 4.98 Å². The van der Waals surface area contributed by atoms with Gasteiger partial charge in [0.25, 0.3) is 0 Å². The lowest BCUT2D eigenvalue weighted by atomic mass is 10.2. The van der Waals surface area contributed by atoms with Gasteiger partial charge in [-0.2, -0.15) is 0 Å². The Balaban J connectivity index is 1.69. The SMILES string of the molecule is Cc1ccc(OCc2nccc3c(C)c(C)n(CC4CC4)c23)cc1. The fourth-order valence-electron chi connectivity index (χ4n) is 3.34. The lowest BCUT2D eigenvalue weighted by Gasteiger charge is -2.11. The van der Waals surface area contributed by atoms with Crippen LogP contribution in [0.5, 0.6) is 5.75 Å². The molecule has 124 valence electrons. The fraction of sp³-hybridized carbons (Fsp3) is 0.381. The van der Waals surface area contributed by atoms with E-state index in [4.69, 9.17) is 4.74 Å². The lowest BCUT2D eigenvalue weighted by molar-refractivity contribution is 0.302. The third-order valence-corrected chi connectivity index (χ3v) is 5.16. The number of hydrogen-bond acceptors (Lipinski definition) is 2. The standard InChI is InChI=1S/C21H24N2O/c1-14-4-8-18(9-5-14)24-13-20-21-19(10-11-22-20)15(2)16(3)23(21)12-17-6-7-17/h4-5,8-11,17H,6-7,12-13H2,1-3H3. The molecule has 1 aliphatic rings. The summed E-state index contributed by atoms with van der Waals surface area (Å²) < 4.78 is 8.47. The minimum absolute atomic E-state index is 0.508. The van der Waals surface area contributed by atoms with E-state index in [1.165, 1.54) is 40.6 Å². The molecule has 3 nitrogen and oxygen atoms in total. The molecule has 0 radical (unpaired) electrons. The largest absolute Gasteiger partial charge is 0.487 e. The van der Waals surface area contributed by atoms with Crippen LogP contribution in [0, 0.1) is 26.7 Å². The first-order valence-electron chi connectivity index (χ1n) is 8.76. The van der Waals surface area contributed by atoms with Crippen molar-refractivity contribution < 1.29 is 4.74 Å². The number of benzene rings is 1. The van der Waals surface area contributed by atoms with Crippen LogP contribution in [0.25, 0.3) is 10.9 Å². The number of aromatic nitrogens is 2. The van der Waals surface area contributed by atoms with Crippen molar-refractivity contribution in [3.63, 3.8) is 0 Å². The van der Waals surface area contributed by atoms with E-state index in [0.717, 1.165) is 23.9 Å². The predicted octanol–water partition coefficient (Wildman–Crippen LogP) is 4.95. The third-order valence-electron chi connectivity index (χ3n) is 5.16. The summed E-state index contributed by atoms with van der Waals surface area (Å²) in [6, 6.07) is 10.3. The van der Waals surface area contributed by atoms with Crippen molar-refractivity contribution in [1.82, 2.24) is 9.55 Å². The molecule has 24 heavy (non-hydrogen) atoms. The smallest absolute Gasteiger partial charge is 0.132 e. The summed E-state index contributed by atoms with van der Waals surface area (Å²) in [6.07, 6.45) is 4.62. The summed E-state index contributed by atoms with van der Waals surface area (Å²) in [4.78, 5) is 4.64. The Hall–Kier alpha value is -2.29. The van der Waals surface area contributed by atoms with E-state index in [2.05, 4.69) is 48.5 Å². The maximum Gasteiger partial charge on any atom is 0.132 e. The van der Waals surface area contributed by atoms with Crippen molar-refractivity contribution in [3.05, 3.63) is 59.0 Å². The molecule has 0 saturated heterocycles. The molecule has 2 aromatic heterocycles. The normalized spacial score (nSPS) is 14.3. The van der Waals surface area contributed by atoms with Crippen molar-refractivity contribution in [2.45, 2.75) is 46.8 Å². The van der Waals surface area contributed by atoms with Crippen LogP contribution in [-0.2, 0) is 13.2 Å². The minimum Gasteiger partial charge on any atom is -0.487 e. The molecular formula is C21H24N2O. The summed E-state index contributed by atoms with van der Waals surface area (Å²) in [7, 11) is 0. The van der Waals surface area contributed by atoms with Gasteiger partial charge < -0.3 is 9.30 Å². The summed E-state index contributed by atoms with van der Waals surface area (Å²) in [5, 5.41) is 1.31. The highest BCUT2D eigenvalue weighted by atomic mass is 16.5. The average molecular weight is 320 g/mol. The molecule has 0 atom stereocenters. The van der Waals surface area contributed by atoms with Crippen LogP contribution in [0.2, 0.25) is 0 Å². The second-order valence-electron chi connectivity index (χ2n) is 7.02. The molecule has 1 fully saturated rings. The van der Waals surface area contributed by atoms with Gasteiger partial charge in [-0.25, -0.2) is 0 Å². The molecule has 1 saturated carbocycles.